The van der Waals surface area contributed by atoms with Crippen molar-refractivity contribution in [2.24, 2.45) is 0 Å². The third kappa shape index (κ3) is 4.35. The van der Waals surface area contributed by atoms with E-state index in [9.17, 15) is 9.59 Å². The van der Waals surface area contributed by atoms with E-state index in [0.717, 1.165) is 42.7 Å². The molecule has 1 saturated carbocycles. The highest BCUT2D eigenvalue weighted by Gasteiger charge is 2.48. The van der Waals surface area contributed by atoms with Gasteiger partial charge in [-0.15, -0.1) is 0 Å². The Morgan fingerprint density at radius 3 is 2.60 bits per heavy atom. The summed E-state index contributed by atoms with van der Waals surface area (Å²) in [4.78, 5) is 29.4. The van der Waals surface area contributed by atoms with Gasteiger partial charge in [0.15, 0.2) is 0 Å². The van der Waals surface area contributed by atoms with Crippen molar-refractivity contribution in [3.05, 3.63) is 66.1 Å². The first-order chi connectivity index (χ1) is 17.0. The highest BCUT2D eigenvalue weighted by atomic mass is 16.5. The zero-order chi connectivity index (χ0) is 24.4. The van der Waals surface area contributed by atoms with Gasteiger partial charge in [-0.25, -0.2) is 0 Å². The second kappa shape index (κ2) is 9.64. The van der Waals surface area contributed by atoms with Crippen LogP contribution in [0, 0.1) is 0 Å². The number of ether oxygens (including phenoxy) is 1. The molecule has 3 aromatic rings. The molecule has 1 aromatic carbocycles. The van der Waals surface area contributed by atoms with Gasteiger partial charge in [0.25, 0.3) is 5.91 Å². The van der Waals surface area contributed by atoms with Crippen molar-refractivity contribution in [3.63, 3.8) is 0 Å². The van der Waals surface area contributed by atoms with Crippen molar-refractivity contribution >= 4 is 11.8 Å². The predicted molar refractivity (Wildman–Crippen MR) is 133 cm³/mol. The molecular weight excluding hydrogens is 442 g/mol. The van der Waals surface area contributed by atoms with Crippen molar-refractivity contribution in [1.82, 2.24) is 14.8 Å². The molecule has 5 rings (SSSR count). The number of para-hydroxylation sites is 1. The molecule has 1 aliphatic heterocycles. The fourth-order valence-electron chi connectivity index (χ4n) is 5.49. The van der Waals surface area contributed by atoms with Gasteiger partial charge in [-0.3, -0.25) is 9.59 Å². The van der Waals surface area contributed by atoms with Crippen LogP contribution >= 0.6 is 0 Å². The summed E-state index contributed by atoms with van der Waals surface area (Å²) in [7, 11) is 1.65. The number of nitrogens with one attached hydrogen (secondary N) is 1. The molecule has 7 nitrogen and oxygen atoms in total. The molecule has 184 valence electrons. The minimum Gasteiger partial charge on any atom is -0.496 e. The van der Waals surface area contributed by atoms with Crippen LogP contribution < -0.4 is 10.1 Å². The van der Waals surface area contributed by atoms with Crippen molar-refractivity contribution in [2.75, 3.05) is 13.7 Å². The molecule has 7 heteroatoms. The van der Waals surface area contributed by atoms with Crippen LogP contribution in [-0.2, 0) is 17.8 Å². The number of carbonyl (C=O) groups is 2. The van der Waals surface area contributed by atoms with E-state index in [-0.39, 0.29) is 17.9 Å². The van der Waals surface area contributed by atoms with Crippen LogP contribution in [0.1, 0.15) is 55.1 Å². The monoisotopic (exact) mass is 475 g/mol. The maximum absolute atomic E-state index is 13.9. The number of amides is 2. The van der Waals surface area contributed by atoms with Crippen LogP contribution in [-0.4, -0.2) is 46.5 Å². The second-order valence-corrected chi connectivity index (χ2v) is 9.77. The van der Waals surface area contributed by atoms with Gasteiger partial charge in [0.2, 0.25) is 5.91 Å². The van der Waals surface area contributed by atoms with Gasteiger partial charge >= 0.3 is 0 Å². The van der Waals surface area contributed by atoms with Crippen LogP contribution in [0.15, 0.2) is 59.2 Å². The number of fused-ring (bicyclic) bond motifs is 1. The number of aromatic nitrogens is 1. The van der Waals surface area contributed by atoms with Crippen molar-refractivity contribution in [1.29, 1.82) is 0 Å². The van der Waals surface area contributed by atoms with E-state index < -0.39 is 5.54 Å². The second-order valence-electron chi connectivity index (χ2n) is 9.77. The summed E-state index contributed by atoms with van der Waals surface area (Å²) in [6.45, 7) is 2.66. The molecule has 2 aliphatic rings. The predicted octanol–water partition coefficient (Wildman–Crippen LogP) is 4.66. The van der Waals surface area contributed by atoms with Crippen LogP contribution in [0.25, 0.3) is 11.5 Å². The lowest BCUT2D eigenvalue weighted by Crippen LogP contribution is -2.65. The molecule has 2 aromatic heterocycles. The number of carbonyl (C=O) groups excluding carboxylic acids is 2. The highest BCUT2D eigenvalue weighted by Crippen LogP contribution is 2.34. The Labute approximate surface area is 206 Å². The normalized spacial score (nSPS) is 20.5. The minimum atomic E-state index is -1.04. The van der Waals surface area contributed by atoms with E-state index in [1.165, 1.54) is 6.42 Å². The zero-order valence-electron chi connectivity index (χ0n) is 20.5. The standard InChI is InChI=1S/C28H33N3O4/c1-28(27(33)29-21-10-4-3-5-11-21)19-30-22(25-13-8-18-35-25)14-15-23(30)26(32)31(28)17-16-20-9-6-7-12-24(20)34-2/h6-9,12-15,18,21H,3-5,10-11,16-17,19H2,1-2H3,(H,29,33)/t28-/m0/s1. The number of hydrogen-bond donors (Lipinski definition) is 1. The average Bonchev–Trinajstić information content (AvgIpc) is 3.55. The van der Waals surface area contributed by atoms with Crippen LogP contribution in [0.3, 0.4) is 0 Å². The first-order valence-electron chi connectivity index (χ1n) is 12.5. The molecule has 0 spiro atoms. The molecule has 0 bridgehead atoms. The number of rotatable bonds is 7. The van der Waals surface area contributed by atoms with Crippen molar-refractivity contribution < 1.29 is 18.7 Å². The molecule has 0 radical (unpaired) electrons. The summed E-state index contributed by atoms with van der Waals surface area (Å²) in [5, 5.41) is 3.28. The molecule has 35 heavy (non-hydrogen) atoms. The molecular formula is C28H33N3O4. The van der Waals surface area contributed by atoms with Gasteiger partial charge < -0.3 is 23.9 Å². The van der Waals surface area contributed by atoms with Gasteiger partial charge in [0.1, 0.15) is 22.7 Å². The number of methoxy groups -OCH3 is 1. The first-order valence-corrected chi connectivity index (χ1v) is 12.5. The minimum absolute atomic E-state index is 0.0949. The van der Waals surface area contributed by atoms with Crippen LogP contribution in [0.2, 0.25) is 0 Å². The Morgan fingerprint density at radius 1 is 1.09 bits per heavy atom. The van der Waals surface area contributed by atoms with E-state index in [4.69, 9.17) is 9.15 Å². The number of furan rings is 1. The molecule has 1 atom stereocenters. The largest absolute Gasteiger partial charge is 0.496 e. The van der Waals surface area contributed by atoms with Gasteiger partial charge in [-0.1, -0.05) is 37.5 Å². The summed E-state index contributed by atoms with van der Waals surface area (Å²) < 4.78 is 13.1. The van der Waals surface area contributed by atoms with Crippen molar-refractivity contribution in [2.45, 2.75) is 63.6 Å². The maximum atomic E-state index is 13.9. The Kier molecular flexibility index (Phi) is 6.41. The molecule has 1 aliphatic carbocycles. The van der Waals surface area contributed by atoms with E-state index >= 15 is 0 Å². The topological polar surface area (TPSA) is 76.7 Å². The first kappa shape index (κ1) is 23.3. The van der Waals surface area contributed by atoms with E-state index in [0.29, 0.717) is 31.0 Å². The SMILES string of the molecule is COc1ccccc1CCN1C(=O)c2ccc(-c3ccco3)n2C[C@@]1(C)C(=O)NC1CCCCC1. The molecule has 3 heterocycles. The molecule has 1 fully saturated rings. The zero-order valence-corrected chi connectivity index (χ0v) is 20.5. The van der Waals surface area contributed by atoms with Gasteiger partial charge in [0.05, 0.1) is 25.6 Å². The van der Waals surface area contributed by atoms with E-state index in [2.05, 4.69) is 5.32 Å². The van der Waals surface area contributed by atoms with Gasteiger partial charge in [-0.05, 0) is 62.1 Å². The Morgan fingerprint density at radius 2 is 1.86 bits per heavy atom. The maximum Gasteiger partial charge on any atom is 0.271 e. The van der Waals surface area contributed by atoms with Gasteiger partial charge in [-0.2, -0.15) is 0 Å². The van der Waals surface area contributed by atoms with E-state index in [1.54, 1.807) is 18.3 Å². The Balaban J connectivity index is 1.48. The molecule has 1 N–H and O–H groups in total. The quantitative estimate of drug-likeness (QED) is 0.539. The lowest BCUT2D eigenvalue weighted by molar-refractivity contribution is -0.133. The molecule has 0 unspecified atom stereocenters. The third-order valence-electron chi connectivity index (χ3n) is 7.51. The summed E-state index contributed by atoms with van der Waals surface area (Å²) >= 11 is 0. The number of hydrogen-bond acceptors (Lipinski definition) is 4. The number of benzene rings is 1. The summed E-state index contributed by atoms with van der Waals surface area (Å²) in [5.74, 6) is 1.23. The summed E-state index contributed by atoms with van der Waals surface area (Å²) in [6, 6.07) is 15.4. The summed E-state index contributed by atoms with van der Waals surface area (Å²) in [5.41, 5.74) is 1.35. The van der Waals surface area contributed by atoms with E-state index in [1.807, 2.05) is 60.0 Å². The smallest absolute Gasteiger partial charge is 0.271 e. The average molecular weight is 476 g/mol. The summed E-state index contributed by atoms with van der Waals surface area (Å²) in [6.07, 6.45) is 7.66. The highest BCUT2D eigenvalue weighted by molar-refractivity contribution is 6.00. The molecule has 2 amide bonds. The Bertz CT molecular complexity index is 1190. The molecule has 0 saturated heterocycles. The van der Waals surface area contributed by atoms with Crippen LogP contribution in [0.4, 0.5) is 0 Å². The number of nitrogens with zero attached hydrogens (tertiary/aromatic N) is 2. The fraction of sp³-hybridized carbons (Fsp3) is 0.429. The Hall–Kier alpha value is -3.48. The van der Waals surface area contributed by atoms with Crippen LogP contribution in [0.5, 0.6) is 5.75 Å². The third-order valence-corrected chi connectivity index (χ3v) is 7.51. The lowest BCUT2D eigenvalue weighted by Gasteiger charge is -2.45. The van der Waals surface area contributed by atoms with Gasteiger partial charge in [0, 0.05) is 12.6 Å². The van der Waals surface area contributed by atoms with Crippen molar-refractivity contribution in [3.8, 4) is 17.2 Å². The fourth-order valence-corrected chi connectivity index (χ4v) is 5.49. The lowest BCUT2D eigenvalue weighted by atomic mass is 9.91.